The summed E-state index contributed by atoms with van der Waals surface area (Å²) in [5, 5.41) is 8.94. The van der Waals surface area contributed by atoms with Gasteiger partial charge in [-0.1, -0.05) is 18.2 Å². The van der Waals surface area contributed by atoms with Crippen molar-refractivity contribution in [3.05, 3.63) is 29.8 Å². The molecule has 0 fully saturated rings. The van der Waals surface area contributed by atoms with E-state index in [9.17, 15) is 4.79 Å². The minimum absolute atomic E-state index is 0.0659. The van der Waals surface area contributed by atoms with E-state index in [1.54, 1.807) is 21.0 Å². The molecule has 0 spiro atoms. The van der Waals surface area contributed by atoms with Crippen molar-refractivity contribution in [2.45, 2.75) is 19.4 Å². The third kappa shape index (κ3) is 3.75. The number of carbonyl (C=O) groups excluding carboxylic acids is 1. The Kier molecular flexibility index (Phi) is 4.97. The number of rotatable bonds is 5. The van der Waals surface area contributed by atoms with Crippen molar-refractivity contribution in [1.82, 2.24) is 4.90 Å². The van der Waals surface area contributed by atoms with Crippen LogP contribution in [-0.2, 0) is 11.2 Å². The molecule has 1 atom stereocenters. The zero-order chi connectivity index (χ0) is 12.8. The summed E-state index contributed by atoms with van der Waals surface area (Å²) in [5.41, 5.74) is 0.911. The Bertz CT molecular complexity index is 377. The number of nitrogens with zero attached hydrogens (tertiary/aromatic N) is 1. The predicted octanol–water partition coefficient (Wildman–Crippen LogP) is 1.08. The number of aliphatic hydroxyl groups excluding tert-OH is 1. The molecule has 1 rings (SSSR count). The highest BCUT2D eigenvalue weighted by Crippen LogP contribution is 2.20. The van der Waals surface area contributed by atoms with Gasteiger partial charge in [0.15, 0.2) is 6.10 Å². The molecule has 0 aliphatic carbocycles. The van der Waals surface area contributed by atoms with E-state index in [-0.39, 0.29) is 12.5 Å². The zero-order valence-electron chi connectivity index (χ0n) is 10.5. The Morgan fingerprint density at radius 3 is 2.65 bits per heavy atom. The van der Waals surface area contributed by atoms with E-state index >= 15 is 0 Å². The van der Waals surface area contributed by atoms with Crippen LogP contribution in [0, 0.1) is 0 Å². The Labute approximate surface area is 102 Å². The van der Waals surface area contributed by atoms with Crippen molar-refractivity contribution < 1.29 is 14.6 Å². The summed E-state index contributed by atoms with van der Waals surface area (Å²) in [6, 6.07) is 7.43. The molecule has 0 aliphatic heterocycles. The van der Waals surface area contributed by atoms with Gasteiger partial charge in [-0.3, -0.25) is 4.79 Å². The van der Waals surface area contributed by atoms with Crippen molar-refractivity contribution in [3.8, 4) is 5.75 Å². The van der Waals surface area contributed by atoms with Crippen LogP contribution in [0.5, 0.6) is 5.75 Å². The van der Waals surface area contributed by atoms with Crippen molar-refractivity contribution in [2.75, 3.05) is 20.7 Å². The second kappa shape index (κ2) is 6.25. The molecule has 1 aromatic carbocycles. The zero-order valence-corrected chi connectivity index (χ0v) is 10.5. The van der Waals surface area contributed by atoms with Crippen molar-refractivity contribution >= 4 is 5.91 Å². The smallest absolute Gasteiger partial charge is 0.262 e. The van der Waals surface area contributed by atoms with Crippen LogP contribution in [0.3, 0.4) is 0 Å². The minimum Gasteiger partial charge on any atom is -0.481 e. The molecule has 0 bridgehead atoms. The van der Waals surface area contributed by atoms with Gasteiger partial charge >= 0.3 is 0 Å². The maximum Gasteiger partial charge on any atom is 0.262 e. The largest absolute Gasteiger partial charge is 0.481 e. The molecule has 4 nitrogen and oxygen atoms in total. The second-order valence-corrected chi connectivity index (χ2v) is 4.07. The summed E-state index contributed by atoms with van der Waals surface area (Å²) >= 11 is 0. The summed E-state index contributed by atoms with van der Waals surface area (Å²) in [6.45, 7) is 1.79. The van der Waals surface area contributed by atoms with Gasteiger partial charge in [0.1, 0.15) is 5.75 Å². The molecule has 0 saturated carbocycles. The van der Waals surface area contributed by atoms with Gasteiger partial charge in [-0.15, -0.1) is 0 Å². The number of carbonyl (C=O) groups is 1. The van der Waals surface area contributed by atoms with Crippen LogP contribution in [0.1, 0.15) is 12.5 Å². The average Bonchev–Trinajstić information content (AvgIpc) is 2.30. The van der Waals surface area contributed by atoms with Crippen molar-refractivity contribution in [2.24, 2.45) is 0 Å². The third-order valence-corrected chi connectivity index (χ3v) is 2.45. The first-order chi connectivity index (χ1) is 8.06. The SMILES string of the molecule is CC(Oc1ccccc1CCO)C(=O)N(C)C. The maximum atomic E-state index is 11.7. The van der Waals surface area contributed by atoms with E-state index in [2.05, 4.69) is 0 Å². The van der Waals surface area contributed by atoms with Gasteiger partial charge < -0.3 is 14.7 Å². The average molecular weight is 237 g/mol. The minimum atomic E-state index is -0.523. The molecular formula is C13H19NO3. The summed E-state index contributed by atoms with van der Waals surface area (Å²) in [6.07, 6.45) is 0.00354. The topological polar surface area (TPSA) is 49.8 Å². The standard InChI is InChI=1S/C13H19NO3/c1-10(13(16)14(2)3)17-12-7-5-4-6-11(12)8-9-15/h4-7,10,15H,8-9H2,1-3H3. The monoisotopic (exact) mass is 237 g/mol. The van der Waals surface area contributed by atoms with Gasteiger partial charge in [0.05, 0.1) is 0 Å². The number of hydrogen-bond acceptors (Lipinski definition) is 3. The first kappa shape index (κ1) is 13.5. The fourth-order valence-electron chi connectivity index (χ4n) is 1.55. The molecule has 17 heavy (non-hydrogen) atoms. The van der Waals surface area contributed by atoms with Crippen LogP contribution < -0.4 is 4.74 Å². The Morgan fingerprint density at radius 1 is 1.41 bits per heavy atom. The van der Waals surface area contributed by atoms with Gasteiger partial charge in [0.25, 0.3) is 5.91 Å². The van der Waals surface area contributed by atoms with Gasteiger partial charge in [-0.05, 0) is 25.0 Å². The lowest BCUT2D eigenvalue weighted by Crippen LogP contribution is -2.35. The molecule has 1 aromatic rings. The second-order valence-electron chi connectivity index (χ2n) is 4.07. The quantitative estimate of drug-likeness (QED) is 0.833. The van der Waals surface area contributed by atoms with Gasteiger partial charge in [0, 0.05) is 20.7 Å². The van der Waals surface area contributed by atoms with E-state index in [0.29, 0.717) is 12.2 Å². The summed E-state index contributed by atoms with van der Waals surface area (Å²) < 4.78 is 5.62. The molecule has 94 valence electrons. The summed E-state index contributed by atoms with van der Waals surface area (Å²) in [5.74, 6) is 0.577. The fourth-order valence-corrected chi connectivity index (χ4v) is 1.55. The van der Waals surface area contributed by atoms with Crippen LogP contribution in [0.4, 0.5) is 0 Å². The van der Waals surface area contributed by atoms with Gasteiger partial charge in [-0.2, -0.15) is 0 Å². The van der Waals surface area contributed by atoms with Crippen LogP contribution in [0.15, 0.2) is 24.3 Å². The highest BCUT2D eigenvalue weighted by Gasteiger charge is 2.17. The molecule has 0 radical (unpaired) electrons. The van der Waals surface area contributed by atoms with Crippen LogP contribution in [-0.4, -0.2) is 42.7 Å². The molecular weight excluding hydrogens is 218 g/mol. The first-order valence-electron chi connectivity index (χ1n) is 5.63. The van der Waals surface area contributed by atoms with Gasteiger partial charge in [-0.25, -0.2) is 0 Å². The molecule has 0 saturated heterocycles. The number of para-hydroxylation sites is 1. The molecule has 1 amide bonds. The van der Waals surface area contributed by atoms with Crippen LogP contribution in [0.25, 0.3) is 0 Å². The number of amides is 1. The highest BCUT2D eigenvalue weighted by molar-refractivity contribution is 5.80. The molecule has 0 aromatic heterocycles. The number of aliphatic hydroxyl groups is 1. The lowest BCUT2D eigenvalue weighted by Gasteiger charge is -2.19. The van der Waals surface area contributed by atoms with E-state index < -0.39 is 6.10 Å². The Morgan fingerprint density at radius 2 is 2.06 bits per heavy atom. The molecule has 1 N–H and O–H groups in total. The number of benzene rings is 1. The van der Waals surface area contributed by atoms with Crippen LogP contribution in [0.2, 0.25) is 0 Å². The summed E-state index contributed by atoms with van der Waals surface area (Å²) in [4.78, 5) is 13.2. The van der Waals surface area contributed by atoms with Crippen LogP contribution >= 0.6 is 0 Å². The predicted molar refractivity (Wildman–Crippen MR) is 66.0 cm³/mol. The molecule has 0 aliphatic rings. The molecule has 4 heteroatoms. The number of hydrogen-bond donors (Lipinski definition) is 1. The molecule has 1 unspecified atom stereocenters. The molecule has 0 heterocycles. The van der Waals surface area contributed by atoms with Gasteiger partial charge in [0.2, 0.25) is 0 Å². The van der Waals surface area contributed by atoms with E-state index in [1.807, 2.05) is 24.3 Å². The van der Waals surface area contributed by atoms with Crippen molar-refractivity contribution in [3.63, 3.8) is 0 Å². The van der Waals surface area contributed by atoms with E-state index in [4.69, 9.17) is 9.84 Å². The number of likely N-dealkylation sites (N-methyl/N-ethyl adjacent to an activating group) is 1. The third-order valence-electron chi connectivity index (χ3n) is 2.45. The summed E-state index contributed by atoms with van der Waals surface area (Å²) in [7, 11) is 3.39. The highest BCUT2D eigenvalue weighted by atomic mass is 16.5. The fraction of sp³-hybridized carbons (Fsp3) is 0.462. The van der Waals surface area contributed by atoms with Crippen molar-refractivity contribution in [1.29, 1.82) is 0 Å². The Hall–Kier alpha value is -1.55. The normalized spacial score (nSPS) is 12.0. The van der Waals surface area contributed by atoms with E-state index in [0.717, 1.165) is 5.56 Å². The Balaban J connectivity index is 2.77. The van der Waals surface area contributed by atoms with E-state index in [1.165, 1.54) is 4.90 Å². The lowest BCUT2D eigenvalue weighted by atomic mass is 10.1. The maximum absolute atomic E-state index is 11.7. The lowest BCUT2D eigenvalue weighted by molar-refractivity contribution is -0.135. The first-order valence-corrected chi connectivity index (χ1v) is 5.63. The number of ether oxygens (including phenoxy) is 1.